The first-order valence-corrected chi connectivity index (χ1v) is 6.56. The summed E-state index contributed by atoms with van der Waals surface area (Å²) >= 11 is 1.74. The summed E-state index contributed by atoms with van der Waals surface area (Å²) in [5.41, 5.74) is 6.82. The molecule has 1 aromatic carbocycles. The number of hydrogen-bond acceptors (Lipinski definition) is 3. The maximum absolute atomic E-state index is 5.61. The molecule has 0 unspecified atom stereocenters. The first kappa shape index (κ1) is 12.1. The van der Waals surface area contributed by atoms with Crippen molar-refractivity contribution in [2.24, 2.45) is 5.73 Å². The summed E-state index contributed by atoms with van der Waals surface area (Å²) in [4.78, 5) is 2.46. The first-order valence-electron chi connectivity index (χ1n) is 5.75. The Hall–Kier alpha value is -1.32. The Morgan fingerprint density at radius 1 is 1.12 bits per heavy atom. The van der Waals surface area contributed by atoms with Crippen LogP contribution >= 0.6 is 11.3 Å². The van der Waals surface area contributed by atoms with Crippen LogP contribution in [0.1, 0.15) is 18.7 Å². The van der Waals surface area contributed by atoms with Crippen molar-refractivity contribution in [3.63, 3.8) is 0 Å². The molecule has 0 fully saturated rings. The van der Waals surface area contributed by atoms with Gasteiger partial charge in [-0.1, -0.05) is 0 Å². The first-order chi connectivity index (χ1) is 8.19. The summed E-state index contributed by atoms with van der Waals surface area (Å²) in [5.74, 6) is 0.916. The van der Waals surface area contributed by atoms with Gasteiger partial charge in [0.15, 0.2) is 0 Å². The average Bonchev–Trinajstić information content (AvgIpc) is 2.78. The number of hydrogen-bond donors (Lipinski definition) is 1. The van der Waals surface area contributed by atoms with Gasteiger partial charge in [0.05, 0.1) is 6.10 Å². The lowest BCUT2D eigenvalue weighted by Gasteiger charge is -2.09. The van der Waals surface area contributed by atoms with Crippen molar-refractivity contribution in [2.45, 2.75) is 26.5 Å². The zero-order valence-electron chi connectivity index (χ0n) is 10.1. The number of benzene rings is 1. The fraction of sp³-hybridized carbons (Fsp3) is 0.286. The molecule has 2 N–H and O–H groups in total. The van der Waals surface area contributed by atoms with Gasteiger partial charge < -0.3 is 10.5 Å². The molecular formula is C14H17NOS. The molecule has 0 radical (unpaired) electrons. The monoisotopic (exact) mass is 247 g/mol. The summed E-state index contributed by atoms with van der Waals surface area (Å²) in [6.07, 6.45) is 0.214. The van der Waals surface area contributed by atoms with Crippen LogP contribution in [0.3, 0.4) is 0 Å². The topological polar surface area (TPSA) is 35.2 Å². The minimum Gasteiger partial charge on any atom is -0.491 e. The van der Waals surface area contributed by atoms with Gasteiger partial charge in [-0.05, 0) is 55.8 Å². The highest BCUT2D eigenvalue weighted by Crippen LogP contribution is 2.29. The molecule has 2 aromatic rings. The van der Waals surface area contributed by atoms with Crippen molar-refractivity contribution >= 4 is 11.3 Å². The molecule has 3 heteroatoms. The van der Waals surface area contributed by atoms with Crippen LogP contribution in [0, 0.1) is 0 Å². The highest BCUT2D eigenvalue weighted by Gasteiger charge is 2.03. The third kappa shape index (κ3) is 3.08. The van der Waals surface area contributed by atoms with E-state index in [4.69, 9.17) is 10.5 Å². The van der Waals surface area contributed by atoms with Gasteiger partial charge in [0, 0.05) is 16.3 Å². The molecule has 0 saturated heterocycles. The maximum Gasteiger partial charge on any atom is 0.119 e. The van der Waals surface area contributed by atoms with Crippen molar-refractivity contribution in [3.8, 4) is 16.2 Å². The maximum atomic E-state index is 5.61. The third-order valence-corrected chi connectivity index (χ3v) is 3.53. The quantitative estimate of drug-likeness (QED) is 0.894. The normalized spacial score (nSPS) is 10.8. The summed E-state index contributed by atoms with van der Waals surface area (Å²) in [7, 11) is 0. The van der Waals surface area contributed by atoms with Crippen LogP contribution in [0.4, 0.5) is 0 Å². The lowest BCUT2D eigenvalue weighted by atomic mass is 10.2. The van der Waals surface area contributed by atoms with Gasteiger partial charge in [-0.25, -0.2) is 0 Å². The third-order valence-electron chi connectivity index (χ3n) is 2.37. The summed E-state index contributed by atoms with van der Waals surface area (Å²) in [5, 5.41) is 0. The van der Waals surface area contributed by atoms with Gasteiger partial charge in [-0.15, -0.1) is 11.3 Å². The van der Waals surface area contributed by atoms with Gasteiger partial charge in [0.2, 0.25) is 0 Å². The van der Waals surface area contributed by atoms with E-state index in [-0.39, 0.29) is 6.10 Å². The molecule has 0 saturated carbocycles. The van der Waals surface area contributed by atoms with E-state index in [1.807, 2.05) is 26.0 Å². The fourth-order valence-corrected chi connectivity index (χ4v) is 2.50. The lowest BCUT2D eigenvalue weighted by molar-refractivity contribution is 0.242. The van der Waals surface area contributed by atoms with E-state index in [9.17, 15) is 0 Å². The molecule has 2 rings (SSSR count). The number of nitrogens with two attached hydrogens (primary N) is 1. The van der Waals surface area contributed by atoms with Crippen LogP contribution in [0.25, 0.3) is 10.4 Å². The van der Waals surface area contributed by atoms with Crippen LogP contribution in [-0.2, 0) is 6.54 Å². The Labute approximate surface area is 106 Å². The molecule has 0 aliphatic heterocycles. The minimum atomic E-state index is 0.214. The molecule has 0 atom stereocenters. The zero-order chi connectivity index (χ0) is 12.3. The van der Waals surface area contributed by atoms with E-state index in [0.717, 1.165) is 5.75 Å². The Balaban J connectivity index is 2.17. The largest absolute Gasteiger partial charge is 0.491 e. The summed E-state index contributed by atoms with van der Waals surface area (Å²) < 4.78 is 5.61. The zero-order valence-corrected chi connectivity index (χ0v) is 11.0. The predicted molar refractivity (Wildman–Crippen MR) is 73.4 cm³/mol. The predicted octanol–water partition coefficient (Wildman–Crippen LogP) is 3.66. The molecule has 2 nitrogen and oxygen atoms in total. The second kappa shape index (κ2) is 5.34. The smallest absolute Gasteiger partial charge is 0.119 e. The molecule has 0 spiro atoms. The molecule has 0 amide bonds. The van der Waals surface area contributed by atoms with Crippen molar-refractivity contribution < 1.29 is 4.74 Å². The van der Waals surface area contributed by atoms with Gasteiger partial charge in [0.1, 0.15) is 5.75 Å². The second-order valence-corrected chi connectivity index (χ2v) is 5.33. The van der Waals surface area contributed by atoms with E-state index in [1.54, 1.807) is 11.3 Å². The number of rotatable bonds is 4. The average molecular weight is 247 g/mol. The Morgan fingerprint density at radius 2 is 1.82 bits per heavy atom. The van der Waals surface area contributed by atoms with Crippen LogP contribution in [0.2, 0.25) is 0 Å². The number of ether oxygens (including phenoxy) is 1. The Kier molecular flexibility index (Phi) is 3.82. The molecule has 1 heterocycles. The molecule has 0 bridgehead atoms. The van der Waals surface area contributed by atoms with Crippen LogP contribution in [0.5, 0.6) is 5.75 Å². The molecular weight excluding hydrogens is 230 g/mol. The Morgan fingerprint density at radius 3 is 2.35 bits per heavy atom. The minimum absolute atomic E-state index is 0.214. The van der Waals surface area contributed by atoms with Gasteiger partial charge in [-0.2, -0.15) is 0 Å². The fourth-order valence-electron chi connectivity index (χ4n) is 1.61. The van der Waals surface area contributed by atoms with Crippen LogP contribution < -0.4 is 10.5 Å². The van der Waals surface area contributed by atoms with Crippen molar-refractivity contribution in [3.05, 3.63) is 41.3 Å². The standard InChI is InChI=1S/C14H17NOS/c1-10(2)16-12-5-3-11(4-6-12)14-8-7-13(9-15)17-14/h3-8,10H,9,15H2,1-2H3. The SMILES string of the molecule is CC(C)Oc1ccc(-c2ccc(CN)s2)cc1. The lowest BCUT2D eigenvalue weighted by Crippen LogP contribution is -2.04. The molecule has 0 aliphatic carbocycles. The number of thiophene rings is 1. The van der Waals surface area contributed by atoms with E-state index in [0.29, 0.717) is 6.54 Å². The van der Waals surface area contributed by atoms with E-state index < -0.39 is 0 Å². The summed E-state index contributed by atoms with van der Waals surface area (Å²) in [6.45, 7) is 4.67. The van der Waals surface area contributed by atoms with Crippen LogP contribution in [-0.4, -0.2) is 6.10 Å². The van der Waals surface area contributed by atoms with E-state index in [1.165, 1.54) is 15.3 Å². The van der Waals surface area contributed by atoms with Gasteiger partial charge >= 0.3 is 0 Å². The van der Waals surface area contributed by atoms with Crippen molar-refractivity contribution in [1.29, 1.82) is 0 Å². The van der Waals surface area contributed by atoms with E-state index in [2.05, 4.69) is 24.3 Å². The second-order valence-electron chi connectivity index (χ2n) is 4.16. The van der Waals surface area contributed by atoms with Crippen molar-refractivity contribution in [1.82, 2.24) is 0 Å². The highest BCUT2D eigenvalue weighted by atomic mass is 32.1. The molecule has 1 aromatic heterocycles. The molecule has 17 heavy (non-hydrogen) atoms. The van der Waals surface area contributed by atoms with Crippen molar-refractivity contribution in [2.75, 3.05) is 0 Å². The Bertz CT molecular complexity index is 473. The van der Waals surface area contributed by atoms with Gasteiger partial charge in [0.25, 0.3) is 0 Å². The molecule has 90 valence electrons. The molecule has 0 aliphatic rings. The van der Waals surface area contributed by atoms with Crippen LogP contribution in [0.15, 0.2) is 36.4 Å². The van der Waals surface area contributed by atoms with E-state index >= 15 is 0 Å². The van der Waals surface area contributed by atoms with Gasteiger partial charge in [-0.3, -0.25) is 0 Å². The highest BCUT2D eigenvalue weighted by molar-refractivity contribution is 7.15. The summed E-state index contributed by atoms with van der Waals surface area (Å²) in [6, 6.07) is 12.4.